The van der Waals surface area contributed by atoms with Crippen LogP contribution in [0.5, 0.6) is 0 Å². The van der Waals surface area contributed by atoms with Crippen LogP contribution < -0.4 is 22.1 Å². The number of imidazole rings is 1. The predicted molar refractivity (Wildman–Crippen MR) is 191 cm³/mol. The number of carbonyl (C=O) groups is 3. The molecule has 0 spiro atoms. The van der Waals surface area contributed by atoms with Crippen LogP contribution in [-0.4, -0.2) is 139 Å². The van der Waals surface area contributed by atoms with Gasteiger partial charge in [0.2, 0.25) is 16.9 Å². The lowest BCUT2D eigenvalue weighted by Gasteiger charge is -2.30. The monoisotopic (exact) mass is 882 g/mol. The molecule has 3 heterocycles. The van der Waals surface area contributed by atoms with Gasteiger partial charge >= 0.3 is 23.5 Å². The van der Waals surface area contributed by atoms with E-state index in [9.17, 15) is 63.0 Å². The van der Waals surface area contributed by atoms with Gasteiger partial charge in [-0.25, -0.2) is 28.6 Å². The first-order valence-electron chi connectivity index (χ1n) is 16.2. The van der Waals surface area contributed by atoms with Crippen molar-refractivity contribution in [3.63, 3.8) is 0 Å². The Balaban J connectivity index is 1.49. The van der Waals surface area contributed by atoms with E-state index >= 15 is 0 Å². The predicted octanol–water partition coefficient (Wildman–Crippen LogP) is -2.24. The highest BCUT2D eigenvalue weighted by Crippen LogP contribution is 2.61. The second-order valence-corrected chi connectivity index (χ2v) is 18.7. The summed E-state index contributed by atoms with van der Waals surface area (Å²) in [5.41, 5.74) is 8.45. The Morgan fingerprint density at radius 1 is 1.04 bits per heavy atom. The molecule has 8 atom stereocenters. The number of aliphatic hydroxyl groups excluding tert-OH is 2. The topological polar surface area (TPSA) is 410 Å². The summed E-state index contributed by atoms with van der Waals surface area (Å²) in [6, 6.07) is -1.12. The normalized spacial score (nSPS) is 22.6. The number of phosphoric ester groups is 3. The molecular weight excluding hydrogens is 837 g/mol. The third-order valence-corrected chi connectivity index (χ3v) is 11.8. The molecule has 0 bridgehead atoms. The highest BCUT2D eigenvalue weighted by atomic mass is 32.2. The lowest BCUT2D eigenvalue weighted by atomic mass is 9.87. The molecule has 0 aliphatic carbocycles. The van der Waals surface area contributed by atoms with Gasteiger partial charge in [0, 0.05) is 30.7 Å². The lowest BCUT2D eigenvalue weighted by Crippen LogP contribution is -2.48. The fourth-order valence-electron chi connectivity index (χ4n) is 4.66. The minimum Gasteiger partial charge on any atom is -0.388 e. The fraction of sp³-hybridized carbons (Fsp3) is 0.692. The van der Waals surface area contributed by atoms with Crippen LogP contribution in [0.3, 0.4) is 0 Å². The second kappa shape index (κ2) is 19.0. The molecule has 0 radical (unpaired) electrons. The SMILES string of the molecule is CC(C)(COP(=O)(O)OP(=O)(O)OC[C@H]1O[C@@H](n2cnc3c(N)ncnc32)[C@H](O)[C@@H]1OP(=O)(O)O)C(O)C(=O)NCCC(=O)NCCSC(=O)[C@@H](N)C(C)(C)O. The zero-order valence-electron chi connectivity index (χ0n) is 30.2. The molecule has 3 rings (SSSR count). The van der Waals surface area contributed by atoms with Crippen molar-refractivity contribution in [1.29, 1.82) is 0 Å². The Bertz CT molecular complexity index is 1860. The van der Waals surface area contributed by atoms with Crippen LogP contribution in [0.25, 0.3) is 11.2 Å². The molecule has 318 valence electrons. The Kier molecular flexibility index (Phi) is 16.3. The van der Waals surface area contributed by atoms with Crippen molar-refractivity contribution in [1.82, 2.24) is 30.2 Å². The van der Waals surface area contributed by atoms with Gasteiger partial charge in [-0.15, -0.1) is 0 Å². The minimum absolute atomic E-state index is 0.0224. The molecule has 56 heavy (non-hydrogen) atoms. The van der Waals surface area contributed by atoms with Crippen LogP contribution in [-0.2, 0) is 50.7 Å². The number of carbonyl (C=O) groups excluding carboxylic acids is 3. The summed E-state index contributed by atoms with van der Waals surface area (Å²) in [7, 11) is -16.4. The summed E-state index contributed by atoms with van der Waals surface area (Å²) in [5.74, 6) is -1.41. The van der Waals surface area contributed by atoms with Crippen LogP contribution in [0.2, 0.25) is 0 Å². The van der Waals surface area contributed by atoms with Gasteiger partial charge < -0.3 is 61.7 Å². The van der Waals surface area contributed by atoms with Gasteiger partial charge in [0.15, 0.2) is 17.7 Å². The minimum atomic E-state index is -5.58. The van der Waals surface area contributed by atoms with Crippen molar-refractivity contribution < 1.29 is 85.6 Å². The first-order valence-corrected chi connectivity index (χ1v) is 21.7. The molecule has 1 saturated heterocycles. The smallest absolute Gasteiger partial charge is 0.388 e. The molecule has 30 heteroatoms. The van der Waals surface area contributed by atoms with E-state index in [4.69, 9.17) is 25.3 Å². The Morgan fingerprint density at radius 3 is 2.30 bits per heavy atom. The van der Waals surface area contributed by atoms with Crippen molar-refractivity contribution in [3.05, 3.63) is 12.7 Å². The van der Waals surface area contributed by atoms with E-state index in [2.05, 4.69) is 34.4 Å². The summed E-state index contributed by atoms with van der Waals surface area (Å²) in [6.45, 7) is 3.00. The van der Waals surface area contributed by atoms with E-state index in [0.717, 1.165) is 29.0 Å². The van der Waals surface area contributed by atoms with Crippen molar-refractivity contribution in [2.75, 3.05) is 37.8 Å². The fourth-order valence-corrected chi connectivity index (χ4v) is 8.36. The van der Waals surface area contributed by atoms with Crippen molar-refractivity contribution in [2.24, 2.45) is 11.1 Å². The van der Waals surface area contributed by atoms with Crippen LogP contribution >= 0.6 is 35.2 Å². The van der Waals surface area contributed by atoms with Crippen LogP contribution in [0.1, 0.15) is 40.3 Å². The van der Waals surface area contributed by atoms with E-state index in [-0.39, 0.29) is 42.2 Å². The maximum atomic E-state index is 12.7. The third kappa shape index (κ3) is 13.8. The van der Waals surface area contributed by atoms with E-state index in [1.165, 1.54) is 27.7 Å². The molecule has 26 nitrogen and oxygen atoms in total. The number of rotatable bonds is 21. The number of aliphatic hydroxyl groups is 3. The average molecular weight is 883 g/mol. The van der Waals surface area contributed by atoms with Gasteiger partial charge in [0.05, 0.1) is 25.1 Å². The largest absolute Gasteiger partial charge is 0.481 e. The van der Waals surface area contributed by atoms with E-state index in [1.54, 1.807) is 0 Å². The van der Waals surface area contributed by atoms with Crippen molar-refractivity contribution >= 4 is 69.1 Å². The molecule has 3 unspecified atom stereocenters. The molecule has 0 saturated carbocycles. The number of nitrogens with one attached hydrogen (secondary N) is 2. The number of phosphoric acid groups is 3. The van der Waals surface area contributed by atoms with Gasteiger partial charge in [-0.1, -0.05) is 25.6 Å². The Hall–Kier alpha value is -2.52. The third-order valence-electron chi connectivity index (χ3n) is 7.76. The molecular formula is C26H45N8O18P3S. The molecule has 13 N–H and O–H groups in total. The number of nitrogens with two attached hydrogens (primary N) is 2. The van der Waals surface area contributed by atoms with Gasteiger partial charge in [-0.3, -0.25) is 32.5 Å². The summed E-state index contributed by atoms with van der Waals surface area (Å²) in [4.78, 5) is 87.5. The van der Waals surface area contributed by atoms with E-state index in [1.807, 2.05) is 0 Å². The number of nitrogens with zero attached hydrogens (tertiary/aromatic N) is 4. The maximum Gasteiger partial charge on any atom is 0.481 e. The standard InChI is InChI=1S/C26H45N8O18P3S/c1-25(2,19(37)22(38)30-6-5-14(35)29-7-8-56-24(39)18(27)26(3,4)40)10-49-55(46,47)52-54(44,45)48-9-13-17(51-53(41,42)43)16(36)23(50-13)34-12-33-15-20(28)31-11-32-21(15)34/h11-13,16-19,23,36-37,40H,5-10,27H2,1-4H3,(H,29,35)(H,30,38)(H,44,45)(H,46,47)(H2,28,31,32)(H2,41,42,43)/t13-,16-,17-,18-,19?,23-/m1/s1. The van der Waals surface area contributed by atoms with Crippen LogP contribution in [0.4, 0.5) is 5.82 Å². The number of anilines is 1. The number of hydrogen-bond acceptors (Lipinski definition) is 20. The summed E-state index contributed by atoms with van der Waals surface area (Å²) in [5, 5.41) is 35.6. The summed E-state index contributed by atoms with van der Waals surface area (Å²) in [6.07, 6.45) is -7.06. The summed E-state index contributed by atoms with van der Waals surface area (Å²) >= 11 is 0.820. The first-order chi connectivity index (χ1) is 25.6. The van der Waals surface area contributed by atoms with Gasteiger partial charge in [0.25, 0.3) is 0 Å². The number of aromatic nitrogens is 4. The maximum absolute atomic E-state index is 12.7. The van der Waals surface area contributed by atoms with Crippen molar-refractivity contribution in [3.8, 4) is 0 Å². The first kappa shape index (κ1) is 47.9. The van der Waals surface area contributed by atoms with Gasteiger partial charge in [0.1, 0.15) is 42.3 Å². The Labute approximate surface area is 322 Å². The number of amides is 2. The van der Waals surface area contributed by atoms with Gasteiger partial charge in [-0.05, 0) is 13.8 Å². The lowest BCUT2D eigenvalue weighted by molar-refractivity contribution is -0.137. The molecule has 2 aromatic rings. The molecule has 1 fully saturated rings. The Morgan fingerprint density at radius 2 is 1.68 bits per heavy atom. The number of hydrogen-bond donors (Lipinski definition) is 11. The highest BCUT2D eigenvalue weighted by Gasteiger charge is 2.50. The molecule has 2 amide bonds. The second-order valence-electron chi connectivity index (χ2n) is 13.4. The van der Waals surface area contributed by atoms with E-state index < -0.39 is 101 Å². The quantitative estimate of drug-likeness (QED) is 0.0466. The van der Waals surface area contributed by atoms with E-state index in [0.29, 0.717) is 0 Å². The average Bonchev–Trinajstić information content (AvgIpc) is 3.63. The van der Waals surface area contributed by atoms with Crippen molar-refractivity contribution in [2.45, 2.75) is 76.4 Å². The number of thioether (sulfide) groups is 1. The zero-order chi connectivity index (χ0) is 42.4. The zero-order valence-corrected chi connectivity index (χ0v) is 33.7. The summed E-state index contributed by atoms with van der Waals surface area (Å²) < 4.78 is 62.0. The van der Waals surface area contributed by atoms with Crippen LogP contribution in [0, 0.1) is 5.41 Å². The molecule has 1 aliphatic heterocycles. The molecule has 2 aromatic heterocycles. The van der Waals surface area contributed by atoms with Gasteiger partial charge in [-0.2, -0.15) is 4.31 Å². The number of fused-ring (bicyclic) bond motifs is 1. The molecule has 0 aromatic carbocycles. The molecule has 1 aliphatic rings. The van der Waals surface area contributed by atoms with Crippen LogP contribution in [0.15, 0.2) is 12.7 Å². The number of nitrogen functional groups attached to an aromatic ring is 1. The number of ether oxygens (including phenoxy) is 1. The highest BCUT2D eigenvalue weighted by molar-refractivity contribution is 8.13.